The van der Waals surface area contributed by atoms with Crippen LogP contribution >= 0.6 is 11.8 Å². The minimum absolute atomic E-state index is 0.00127. The van der Waals surface area contributed by atoms with E-state index in [1.165, 1.54) is 0 Å². The van der Waals surface area contributed by atoms with E-state index < -0.39 is 5.97 Å². The number of carbonyl (C=O) groups is 2. The van der Waals surface area contributed by atoms with Gasteiger partial charge in [-0.25, -0.2) is 4.79 Å². The van der Waals surface area contributed by atoms with Gasteiger partial charge in [-0.3, -0.25) is 4.79 Å². The van der Waals surface area contributed by atoms with Crippen molar-refractivity contribution in [3.8, 4) is 0 Å². The van der Waals surface area contributed by atoms with E-state index in [0.29, 0.717) is 12.5 Å². The van der Waals surface area contributed by atoms with Crippen LogP contribution in [0.5, 0.6) is 0 Å². The Balaban J connectivity index is 2.46. The number of hydrogen-bond donors (Lipinski definition) is 2. The van der Waals surface area contributed by atoms with Gasteiger partial charge in [-0.1, -0.05) is 13.8 Å². The summed E-state index contributed by atoms with van der Waals surface area (Å²) in [5.41, 5.74) is 0. The molecule has 5 nitrogen and oxygen atoms in total. The second-order valence-electron chi connectivity index (χ2n) is 6.81. The molecule has 1 aliphatic heterocycles. The summed E-state index contributed by atoms with van der Waals surface area (Å²) in [6.45, 7) is 10.4. The zero-order valence-corrected chi connectivity index (χ0v) is 14.3. The van der Waals surface area contributed by atoms with Crippen molar-refractivity contribution >= 4 is 23.8 Å². The van der Waals surface area contributed by atoms with E-state index in [0.717, 1.165) is 25.3 Å². The number of amides is 2. The number of carboxylic acids is 1. The summed E-state index contributed by atoms with van der Waals surface area (Å²) in [5.74, 6) is 0.575. The Kier molecular flexibility index (Phi) is 6.84. The fourth-order valence-electron chi connectivity index (χ4n) is 2.69. The molecule has 21 heavy (non-hydrogen) atoms. The van der Waals surface area contributed by atoms with Crippen molar-refractivity contribution < 1.29 is 14.7 Å². The van der Waals surface area contributed by atoms with Gasteiger partial charge in [0.25, 0.3) is 0 Å². The molecule has 0 bridgehead atoms. The molecule has 1 fully saturated rings. The molecule has 2 N–H and O–H groups in total. The van der Waals surface area contributed by atoms with Crippen LogP contribution in [0.15, 0.2) is 0 Å². The molecule has 1 heterocycles. The Morgan fingerprint density at radius 1 is 1.38 bits per heavy atom. The van der Waals surface area contributed by atoms with Crippen LogP contribution in [0.3, 0.4) is 0 Å². The normalized spacial score (nSPS) is 19.4. The number of thioether (sulfide) groups is 1. The van der Waals surface area contributed by atoms with Crippen LogP contribution in [0.1, 0.15) is 40.5 Å². The van der Waals surface area contributed by atoms with Crippen LogP contribution in [-0.2, 0) is 4.79 Å². The van der Waals surface area contributed by atoms with Gasteiger partial charge in [-0.2, -0.15) is 11.8 Å². The largest absolute Gasteiger partial charge is 0.481 e. The van der Waals surface area contributed by atoms with E-state index in [-0.39, 0.29) is 23.1 Å². The van der Waals surface area contributed by atoms with E-state index in [2.05, 4.69) is 33.0 Å². The number of urea groups is 1. The van der Waals surface area contributed by atoms with Crippen molar-refractivity contribution in [1.82, 2.24) is 10.2 Å². The number of aliphatic carboxylic acids is 1. The van der Waals surface area contributed by atoms with Crippen molar-refractivity contribution in [3.05, 3.63) is 0 Å². The number of carboxylic acid groups (broad SMARTS) is 1. The van der Waals surface area contributed by atoms with E-state index in [1.54, 1.807) is 0 Å². The summed E-state index contributed by atoms with van der Waals surface area (Å²) < 4.78 is 0.0913. The van der Waals surface area contributed by atoms with Crippen molar-refractivity contribution in [2.24, 2.45) is 11.8 Å². The second-order valence-corrected chi connectivity index (χ2v) is 8.61. The summed E-state index contributed by atoms with van der Waals surface area (Å²) in [7, 11) is 0. The van der Waals surface area contributed by atoms with Gasteiger partial charge in [-0.15, -0.1) is 0 Å². The van der Waals surface area contributed by atoms with Gasteiger partial charge in [0, 0.05) is 36.6 Å². The van der Waals surface area contributed by atoms with Crippen molar-refractivity contribution in [2.45, 2.75) is 45.3 Å². The summed E-state index contributed by atoms with van der Waals surface area (Å²) in [4.78, 5) is 25.0. The molecule has 0 aromatic heterocycles. The summed E-state index contributed by atoms with van der Waals surface area (Å²) in [5, 5.41) is 11.9. The summed E-state index contributed by atoms with van der Waals surface area (Å²) >= 11 is 1.88. The smallest absolute Gasteiger partial charge is 0.317 e. The lowest BCUT2D eigenvalue weighted by atomic mass is 9.94. The van der Waals surface area contributed by atoms with Crippen LogP contribution in [0.25, 0.3) is 0 Å². The Labute approximate surface area is 131 Å². The lowest BCUT2D eigenvalue weighted by Crippen LogP contribution is -2.50. The lowest BCUT2D eigenvalue weighted by molar-refractivity contribution is -0.138. The number of carbonyl (C=O) groups excluding carboxylic acids is 1. The standard InChI is InChI=1S/C15H28N2O3S/c1-11(2)7-12(8-13(18)19)9-16-14(20)17-5-6-21-15(3,4)10-17/h11-12H,5-10H2,1-4H3,(H,16,20)(H,18,19). The molecular formula is C15H28N2O3S. The van der Waals surface area contributed by atoms with Crippen molar-refractivity contribution in [1.29, 1.82) is 0 Å². The molecule has 0 aromatic carbocycles. The van der Waals surface area contributed by atoms with Crippen LogP contribution in [-0.4, -0.2) is 52.1 Å². The number of rotatable bonds is 6. The number of nitrogens with zero attached hydrogens (tertiary/aromatic N) is 1. The maximum Gasteiger partial charge on any atom is 0.317 e. The third kappa shape index (κ3) is 7.07. The minimum atomic E-state index is -0.801. The van der Waals surface area contributed by atoms with E-state index in [1.807, 2.05) is 16.7 Å². The van der Waals surface area contributed by atoms with Gasteiger partial charge in [0.05, 0.1) is 0 Å². The Bertz CT molecular complexity index is 372. The molecule has 1 rings (SSSR count). The van der Waals surface area contributed by atoms with Crippen LogP contribution in [0.2, 0.25) is 0 Å². The maximum atomic E-state index is 12.2. The van der Waals surface area contributed by atoms with E-state index in [9.17, 15) is 9.59 Å². The highest BCUT2D eigenvalue weighted by molar-refractivity contribution is 8.00. The number of nitrogens with one attached hydrogen (secondary N) is 1. The maximum absolute atomic E-state index is 12.2. The monoisotopic (exact) mass is 316 g/mol. The van der Waals surface area contributed by atoms with Gasteiger partial charge in [0.1, 0.15) is 0 Å². The molecule has 0 aliphatic carbocycles. The van der Waals surface area contributed by atoms with Gasteiger partial charge < -0.3 is 15.3 Å². The van der Waals surface area contributed by atoms with Gasteiger partial charge in [0.2, 0.25) is 0 Å². The molecule has 0 saturated carbocycles. The molecule has 0 spiro atoms. The first-order valence-electron chi connectivity index (χ1n) is 7.58. The van der Waals surface area contributed by atoms with Gasteiger partial charge in [0.15, 0.2) is 0 Å². The highest BCUT2D eigenvalue weighted by Crippen LogP contribution is 2.29. The van der Waals surface area contributed by atoms with Gasteiger partial charge >= 0.3 is 12.0 Å². The molecule has 1 atom stereocenters. The molecule has 6 heteroatoms. The van der Waals surface area contributed by atoms with Crippen LogP contribution in [0, 0.1) is 11.8 Å². The zero-order valence-electron chi connectivity index (χ0n) is 13.5. The van der Waals surface area contributed by atoms with E-state index >= 15 is 0 Å². The molecule has 1 saturated heterocycles. The van der Waals surface area contributed by atoms with Crippen molar-refractivity contribution in [3.63, 3.8) is 0 Å². The lowest BCUT2D eigenvalue weighted by Gasteiger charge is -2.37. The first kappa shape index (κ1) is 18.1. The predicted octanol–water partition coefficient (Wildman–Crippen LogP) is 2.66. The highest BCUT2D eigenvalue weighted by Gasteiger charge is 2.30. The molecule has 2 amide bonds. The average Bonchev–Trinajstić information content (AvgIpc) is 2.33. The van der Waals surface area contributed by atoms with Crippen LogP contribution < -0.4 is 5.32 Å². The Morgan fingerprint density at radius 3 is 2.57 bits per heavy atom. The van der Waals surface area contributed by atoms with Crippen molar-refractivity contribution in [2.75, 3.05) is 25.4 Å². The average molecular weight is 316 g/mol. The Hall–Kier alpha value is -0.910. The summed E-state index contributed by atoms with van der Waals surface area (Å²) in [6.07, 6.45) is 0.924. The fourth-order valence-corrected chi connectivity index (χ4v) is 3.80. The first-order chi connectivity index (χ1) is 9.69. The minimum Gasteiger partial charge on any atom is -0.481 e. The number of hydrogen-bond acceptors (Lipinski definition) is 3. The highest BCUT2D eigenvalue weighted by atomic mass is 32.2. The molecular weight excluding hydrogens is 288 g/mol. The molecule has 0 radical (unpaired) electrons. The van der Waals surface area contributed by atoms with E-state index in [4.69, 9.17) is 5.11 Å². The molecule has 1 unspecified atom stereocenters. The SMILES string of the molecule is CC(C)CC(CNC(=O)N1CCSC(C)(C)C1)CC(=O)O. The predicted molar refractivity (Wildman–Crippen MR) is 86.7 cm³/mol. The molecule has 122 valence electrons. The quantitative estimate of drug-likeness (QED) is 0.790. The fraction of sp³-hybridized carbons (Fsp3) is 0.867. The molecule has 0 aromatic rings. The van der Waals surface area contributed by atoms with Crippen LogP contribution in [0.4, 0.5) is 4.79 Å². The second kappa shape index (κ2) is 7.92. The zero-order chi connectivity index (χ0) is 16.0. The third-order valence-corrected chi connectivity index (χ3v) is 4.82. The molecule has 1 aliphatic rings. The summed E-state index contributed by atoms with van der Waals surface area (Å²) in [6, 6.07) is -0.0671. The third-order valence-electron chi connectivity index (χ3n) is 3.52. The van der Waals surface area contributed by atoms with Gasteiger partial charge in [-0.05, 0) is 32.1 Å². The Morgan fingerprint density at radius 2 is 2.05 bits per heavy atom. The first-order valence-corrected chi connectivity index (χ1v) is 8.56. The topological polar surface area (TPSA) is 69.6 Å².